The number of hydrogen-bond donors (Lipinski definition) is 5. The maximum atomic E-state index is 13.5. The van der Waals surface area contributed by atoms with Crippen LogP contribution in [-0.4, -0.2) is 122 Å². The largest absolute Gasteiger partial charge is 0.477 e. The summed E-state index contributed by atoms with van der Waals surface area (Å²) >= 11 is 4.96. The van der Waals surface area contributed by atoms with E-state index in [0.717, 1.165) is 43.1 Å². The van der Waals surface area contributed by atoms with Crippen LogP contribution < -0.4 is 16.1 Å². The monoisotopic (exact) mass is 823 g/mol. The van der Waals surface area contributed by atoms with Gasteiger partial charge in [0.05, 0.1) is 19.4 Å². The molecule has 0 unspecified atom stereocenters. The zero-order valence-corrected chi connectivity index (χ0v) is 32.0. The number of carbonyl (C=O) groups excluding carboxylic acids is 5. The fourth-order valence-corrected chi connectivity index (χ4v) is 10.7. The highest BCUT2D eigenvalue weighted by Gasteiger charge is 2.74. The third kappa shape index (κ3) is 6.64. The maximum absolute atomic E-state index is 13.5. The fraction of sp³-hybridized carbons (Fsp3) is 0.406. The van der Waals surface area contributed by atoms with E-state index in [-0.39, 0.29) is 35.5 Å². The van der Waals surface area contributed by atoms with Gasteiger partial charge < -0.3 is 35.1 Å². The molecule has 5 amide bonds. The molecule has 4 atom stereocenters. The van der Waals surface area contributed by atoms with Crippen LogP contribution in [0.2, 0.25) is 0 Å². The van der Waals surface area contributed by atoms with Crippen molar-refractivity contribution >= 4 is 87.9 Å². The molecule has 5 N–H and O–H groups in total. The Hall–Kier alpha value is -4.45. The van der Waals surface area contributed by atoms with E-state index in [2.05, 4.69) is 10.6 Å². The standard InChI is InChI=1S/C32H33N5O13S4/c1-30-32(48-3,34-21(39)11-19-7-5-9-52-19)27(45)37(30)23(25(42)43)17(15-54-30)13-50-35-29(46)49-12-16-14-53-28-31(47-2,26(44)36(28)22(16)24(40)41)33-20(38)10-18-6-4-8-51-18/h4-9,28H,10-15H2,1-3H3,(H,33,38)(H,34,39)(H,35,46)(H,40,41)(H,42,43)/t28-,30-,31+,32+/m1/s1. The van der Waals surface area contributed by atoms with E-state index in [0.29, 0.717) is 0 Å². The first kappa shape index (κ1) is 39.2. The third-order valence-corrected chi connectivity index (χ3v) is 13.7. The Morgan fingerprint density at radius 1 is 0.852 bits per heavy atom. The van der Waals surface area contributed by atoms with Crippen molar-refractivity contribution in [3.63, 3.8) is 0 Å². The number of thioether (sulfide) groups is 2. The lowest BCUT2D eigenvalue weighted by atomic mass is 9.87. The van der Waals surface area contributed by atoms with Crippen LogP contribution in [0.1, 0.15) is 16.7 Å². The maximum Gasteiger partial charge on any atom is 0.431 e. The van der Waals surface area contributed by atoms with Gasteiger partial charge in [0.25, 0.3) is 23.3 Å². The molecule has 0 aromatic carbocycles. The average molecular weight is 824 g/mol. The van der Waals surface area contributed by atoms with Gasteiger partial charge in [0.1, 0.15) is 28.2 Å². The van der Waals surface area contributed by atoms with E-state index in [9.17, 15) is 43.8 Å². The highest BCUT2D eigenvalue weighted by Crippen LogP contribution is 2.55. The number of rotatable bonds is 15. The Labute approximate surface area is 323 Å². The second kappa shape index (κ2) is 15.4. The molecule has 2 saturated heterocycles. The summed E-state index contributed by atoms with van der Waals surface area (Å²) in [5.41, 5.74) is -2.25. The molecule has 288 valence electrons. The second-order valence-electron chi connectivity index (χ2n) is 12.2. The van der Waals surface area contributed by atoms with Crippen LogP contribution in [0.4, 0.5) is 4.79 Å². The molecule has 18 nitrogen and oxygen atoms in total. The Morgan fingerprint density at radius 3 is 2.02 bits per heavy atom. The molecule has 4 aliphatic heterocycles. The van der Waals surface area contributed by atoms with Gasteiger partial charge in [-0.1, -0.05) is 12.1 Å². The number of nitrogens with one attached hydrogen (secondary N) is 3. The molecule has 0 saturated carbocycles. The highest BCUT2D eigenvalue weighted by molar-refractivity contribution is 8.01. The van der Waals surface area contributed by atoms with Crippen LogP contribution >= 0.6 is 46.2 Å². The first-order valence-corrected chi connectivity index (χ1v) is 19.7. The van der Waals surface area contributed by atoms with Gasteiger partial charge in [-0.05, 0) is 35.4 Å². The lowest BCUT2D eigenvalue weighted by Gasteiger charge is -2.62. The number of hydroxylamine groups is 1. The van der Waals surface area contributed by atoms with E-state index in [1.54, 1.807) is 36.6 Å². The first-order chi connectivity index (χ1) is 25.7. The van der Waals surface area contributed by atoms with Gasteiger partial charge in [-0.25, -0.2) is 14.4 Å². The molecule has 2 aromatic heterocycles. The van der Waals surface area contributed by atoms with Crippen LogP contribution in [-0.2, 0) is 60.7 Å². The third-order valence-electron chi connectivity index (χ3n) is 9.06. The zero-order valence-electron chi connectivity index (χ0n) is 28.7. The number of thiophene rings is 2. The molecule has 22 heteroatoms. The second-order valence-corrected chi connectivity index (χ2v) is 16.7. The predicted octanol–water partition coefficient (Wildman–Crippen LogP) is 1.07. The summed E-state index contributed by atoms with van der Waals surface area (Å²) in [7, 11) is 2.48. The Kier molecular flexibility index (Phi) is 11.2. The lowest BCUT2D eigenvalue weighted by Crippen LogP contribution is -2.86. The van der Waals surface area contributed by atoms with Gasteiger partial charge in [-0.2, -0.15) is 5.48 Å². The molecule has 4 aliphatic rings. The number of ether oxygens (including phenoxy) is 3. The van der Waals surface area contributed by atoms with Gasteiger partial charge in [0.2, 0.25) is 11.8 Å². The number of aliphatic carboxylic acids is 2. The molecule has 2 fully saturated rings. The molecular weight excluding hydrogens is 791 g/mol. The summed E-state index contributed by atoms with van der Waals surface area (Å²) in [4.78, 5) is 97.2. The van der Waals surface area contributed by atoms with Crippen molar-refractivity contribution < 1.29 is 62.8 Å². The molecule has 2 aromatic rings. The van der Waals surface area contributed by atoms with Crippen LogP contribution in [0.5, 0.6) is 0 Å². The van der Waals surface area contributed by atoms with Crippen LogP contribution in [0.3, 0.4) is 0 Å². The van der Waals surface area contributed by atoms with Gasteiger partial charge in [-0.3, -0.25) is 33.8 Å². The quantitative estimate of drug-likeness (QED) is 0.0960. The van der Waals surface area contributed by atoms with E-state index in [4.69, 9.17) is 19.0 Å². The molecular formula is C32H33N5O13S4. The molecule has 6 heterocycles. The number of hydrogen-bond acceptors (Lipinski definition) is 15. The van der Waals surface area contributed by atoms with Crippen molar-refractivity contribution in [1.82, 2.24) is 25.9 Å². The van der Waals surface area contributed by atoms with Crippen molar-refractivity contribution in [3.8, 4) is 0 Å². The van der Waals surface area contributed by atoms with Crippen molar-refractivity contribution in [2.24, 2.45) is 0 Å². The van der Waals surface area contributed by atoms with E-state index >= 15 is 0 Å². The molecule has 0 spiro atoms. The normalized spacial score (nSPS) is 25.9. The van der Waals surface area contributed by atoms with Crippen LogP contribution in [0.25, 0.3) is 0 Å². The number of carbonyl (C=O) groups is 7. The van der Waals surface area contributed by atoms with Gasteiger partial charge in [0, 0.05) is 41.1 Å². The Morgan fingerprint density at radius 2 is 1.46 bits per heavy atom. The van der Waals surface area contributed by atoms with Crippen molar-refractivity contribution in [3.05, 3.63) is 67.3 Å². The Bertz CT molecular complexity index is 1950. The lowest BCUT2D eigenvalue weighted by molar-refractivity contribution is -0.208. The molecule has 0 radical (unpaired) electrons. The van der Waals surface area contributed by atoms with Crippen molar-refractivity contribution in [2.45, 2.75) is 41.5 Å². The molecule has 6 rings (SSSR count). The average Bonchev–Trinajstić information content (AvgIpc) is 3.86. The number of methoxy groups -OCH3 is 2. The summed E-state index contributed by atoms with van der Waals surface area (Å²) < 4.78 is 16.2. The van der Waals surface area contributed by atoms with Crippen molar-refractivity contribution in [1.29, 1.82) is 0 Å². The highest BCUT2D eigenvalue weighted by atomic mass is 32.2. The minimum absolute atomic E-state index is 0.000379. The van der Waals surface area contributed by atoms with Gasteiger partial charge >= 0.3 is 18.0 Å². The first-order valence-electron chi connectivity index (χ1n) is 15.9. The number of carboxylic acid groups (broad SMARTS) is 2. The van der Waals surface area contributed by atoms with Crippen LogP contribution in [0, 0.1) is 0 Å². The summed E-state index contributed by atoms with van der Waals surface area (Å²) in [5, 5.41) is 28.1. The SMILES string of the molecule is CO[C@@]1(NC(=O)Cc2cccs2)C(=O)N2C(C(=O)O)=C(COC(=O)NOCC3=C(C(=O)O)N4C(=O)[C@](NC(=O)Cc5cccs5)(OC)[C@@]4(C)SC3)CS[C@@H]21. The van der Waals surface area contributed by atoms with Crippen LogP contribution in [0.15, 0.2) is 57.6 Å². The van der Waals surface area contributed by atoms with E-state index in [1.807, 2.05) is 10.9 Å². The topological polar surface area (TPSA) is 239 Å². The number of fused-ring (bicyclic) bond motifs is 2. The summed E-state index contributed by atoms with van der Waals surface area (Å²) in [6.45, 7) is 0.540. The fourth-order valence-electron chi connectivity index (χ4n) is 6.50. The summed E-state index contributed by atoms with van der Waals surface area (Å²) in [6.07, 6.45) is -1.16. The predicted molar refractivity (Wildman–Crippen MR) is 192 cm³/mol. The van der Waals surface area contributed by atoms with Crippen molar-refractivity contribution in [2.75, 3.05) is 38.9 Å². The van der Waals surface area contributed by atoms with E-state index in [1.165, 1.54) is 36.9 Å². The smallest absolute Gasteiger partial charge is 0.431 e. The minimum Gasteiger partial charge on any atom is -0.477 e. The molecule has 54 heavy (non-hydrogen) atoms. The van der Waals surface area contributed by atoms with Gasteiger partial charge in [-0.15, -0.1) is 46.2 Å². The summed E-state index contributed by atoms with van der Waals surface area (Å²) in [5.74, 6) is -5.49. The molecule has 0 bridgehead atoms. The minimum atomic E-state index is -1.84. The number of β-lactam (4-membered cyclic amide) rings is 2. The zero-order chi connectivity index (χ0) is 39.0. The summed E-state index contributed by atoms with van der Waals surface area (Å²) in [6, 6.07) is 7.10. The molecule has 0 aliphatic carbocycles. The number of amides is 5. The Balaban J connectivity index is 1.06. The number of carboxylic acids is 2. The van der Waals surface area contributed by atoms with E-state index < -0.39 is 88.0 Å². The van der Waals surface area contributed by atoms with Gasteiger partial charge in [0.15, 0.2) is 0 Å². The number of nitrogens with zero attached hydrogens (tertiary/aromatic N) is 2.